The van der Waals surface area contributed by atoms with E-state index < -0.39 is 29.3 Å². The first-order valence-corrected chi connectivity index (χ1v) is 12.9. The van der Waals surface area contributed by atoms with Crippen molar-refractivity contribution in [3.63, 3.8) is 0 Å². The highest BCUT2D eigenvalue weighted by Crippen LogP contribution is 2.32. The summed E-state index contributed by atoms with van der Waals surface area (Å²) >= 11 is 0. The van der Waals surface area contributed by atoms with E-state index in [1.54, 1.807) is 45.0 Å². The van der Waals surface area contributed by atoms with E-state index >= 15 is 0 Å². The monoisotopic (exact) mass is 556 g/mol. The lowest BCUT2D eigenvalue weighted by molar-refractivity contribution is -0.115. The Bertz CT molecular complexity index is 1390. The molecule has 0 aliphatic rings. The third-order valence-electron chi connectivity index (χ3n) is 5.51. The maximum Gasteiger partial charge on any atom is 0.413 e. The third kappa shape index (κ3) is 7.67. The number of aromatic nitrogens is 3. The van der Waals surface area contributed by atoms with Gasteiger partial charge in [-0.05, 0) is 45.6 Å². The lowest BCUT2D eigenvalue weighted by Crippen LogP contribution is -2.29. The molecule has 0 atom stereocenters. The van der Waals surface area contributed by atoms with Gasteiger partial charge in [-0.15, -0.1) is 0 Å². The Morgan fingerprint density at radius 1 is 1.07 bits per heavy atom. The van der Waals surface area contributed by atoms with Gasteiger partial charge in [-0.25, -0.2) is 9.48 Å². The summed E-state index contributed by atoms with van der Waals surface area (Å²) in [6.45, 7) is 14.7. The van der Waals surface area contributed by atoms with E-state index in [1.807, 2.05) is 34.6 Å². The molecule has 0 bridgehead atoms. The molecule has 3 amide bonds. The number of hydrogen-bond acceptors (Lipinski definition) is 7. The number of rotatable bonds is 8. The van der Waals surface area contributed by atoms with Crippen LogP contribution in [0.2, 0.25) is 0 Å². The van der Waals surface area contributed by atoms with Gasteiger partial charge in [-0.1, -0.05) is 50.2 Å². The number of nitrogens with two attached hydrogens (primary N) is 1. The Balaban J connectivity index is 1.81. The number of carbonyl (C=O) groups is 3. The van der Waals surface area contributed by atoms with Crippen LogP contribution >= 0.6 is 0 Å². The third-order valence-corrected chi connectivity index (χ3v) is 5.51. The van der Waals surface area contributed by atoms with Gasteiger partial charge in [0.2, 0.25) is 11.7 Å². The van der Waals surface area contributed by atoms with Crippen molar-refractivity contribution in [2.45, 2.75) is 79.9 Å². The Hall–Kier alpha value is -4.22. The molecule has 0 spiro atoms. The number of nitrogens with zero attached hydrogens (tertiary/aromatic N) is 3. The molecule has 0 unspecified atom stereocenters. The fraction of sp³-hybridized carbons (Fsp3) is 0.464. The average Bonchev–Trinajstić information content (AvgIpc) is 3.33. The molecule has 2 heterocycles. The smallest absolute Gasteiger partial charge is 0.413 e. The summed E-state index contributed by atoms with van der Waals surface area (Å²) in [5.74, 6) is -2.16. The van der Waals surface area contributed by atoms with E-state index in [-0.39, 0.29) is 46.5 Å². The van der Waals surface area contributed by atoms with Gasteiger partial charge in [-0.2, -0.15) is 9.49 Å². The van der Waals surface area contributed by atoms with Crippen molar-refractivity contribution in [1.29, 1.82) is 0 Å². The number of amides is 3. The van der Waals surface area contributed by atoms with Crippen LogP contribution in [0, 0.1) is 11.2 Å². The summed E-state index contributed by atoms with van der Waals surface area (Å²) in [7, 11) is 0. The fourth-order valence-electron chi connectivity index (χ4n) is 3.90. The Kier molecular flexibility index (Phi) is 8.71. The van der Waals surface area contributed by atoms with Gasteiger partial charge < -0.3 is 15.0 Å². The number of benzene rings is 1. The number of hydrogen-bond donors (Lipinski definition) is 3. The normalized spacial score (nSPS) is 11.9. The summed E-state index contributed by atoms with van der Waals surface area (Å²) in [6, 6.07) is 6.49. The zero-order valence-electron chi connectivity index (χ0n) is 24.1. The van der Waals surface area contributed by atoms with Gasteiger partial charge >= 0.3 is 6.09 Å². The van der Waals surface area contributed by atoms with E-state index in [4.69, 9.17) is 15.0 Å². The molecule has 40 heavy (non-hydrogen) atoms. The first kappa shape index (κ1) is 30.3. The molecular formula is C28H37FN6O5. The van der Waals surface area contributed by atoms with Crippen LogP contribution in [0.25, 0.3) is 11.3 Å². The van der Waals surface area contributed by atoms with Crippen LogP contribution in [0.1, 0.15) is 83.0 Å². The Labute approximate surface area is 232 Å². The van der Waals surface area contributed by atoms with E-state index in [1.165, 1.54) is 4.68 Å². The van der Waals surface area contributed by atoms with E-state index in [0.29, 0.717) is 17.5 Å². The minimum absolute atomic E-state index is 0.0249. The van der Waals surface area contributed by atoms with Crippen LogP contribution in [0.15, 0.2) is 28.8 Å². The molecule has 0 radical (unpaired) electrons. The number of halogens is 1. The Morgan fingerprint density at radius 2 is 1.70 bits per heavy atom. The lowest BCUT2D eigenvalue weighted by Gasteiger charge is -2.20. The molecule has 216 valence electrons. The van der Waals surface area contributed by atoms with Gasteiger partial charge in [0.15, 0.2) is 0 Å². The molecule has 3 aromatic rings. The minimum atomic E-state index is -0.781. The van der Waals surface area contributed by atoms with E-state index in [0.717, 1.165) is 0 Å². The molecule has 1 aromatic carbocycles. The number of nitrogens with one attached hydrogen (secondary N) is 2. The second kappa shape index (κ2) is 11.5. The van der Waals surface area contributed by atoms with Crippen LogP contribution in [0.5, 0.6) is 0 Å². The molecule has 0 fully saturated rings. The molecular weight excluding hydrogens is 519 g/mol. The van der Waals surface area contributed by atoms with Crippen LogP contribution in [0.4, 0.5) is 20.9 Å². The zero-order valence-corrected chi connectivity index (χ0v) is 24.1. The first-order valence-electron chi connectivity index (χ1n) is 12.9. The van der Waals surface area contributed by atoms with Gasteiger partial charge in [0.05, 0.1) is 6.42 Å². The highest BCUT2D eigenvalue weighted by Gasteiger charge is 2.28. The molecule has 0 aliphatic carbocycles. The molecule has 2 aromatic heterocycles. The van der Waals surface area contributed by atoms with Crippen molar-refractivity contribution in [2.75, 3.05) is 10.6 Å². The minimum Gasteiger partial charge on any atom is -0.444 e. The summed E-state index contributed by atoms with van der Waals surface area (Å²) in [6.07, 6.45) is -0.462. The van der Waals surface area contributed by atoms with Crippen LogP contribution in [-0.4, -0.2) is 38.4 Å². The first-order chi connectivity index (χ1) is 18.4. The van der Waals surface area contributed by atoms with Crippen LogP contribution in [-0.2, 0) is 22.4 Å². The average molecular weight is 557 g/mol. The van der Waals surface area contributed by atoms with Gasteiger partial charge in [-0.3, -0.25) is 20.2 Å². The topological polar surface area (TPSA) is 154 Å². The predicted molar refractivity (Wildman–Crippen MR) is 148 cm³/mol. The standard InChI is InChI=1S/C28H37FN6O5/c1-15(2)35-24(32-26(38)39-28(6,7)8)20(23(30)37)22(33-35)17-11-9-16(10-12-17)13-19(36)31-25-21(29)18(34-40-25)14-27(3,4)5/h9-12,15H,13-14H2,1-8H3,(H2,30,37)(H,31,36)(H,32,38). The van der Waals surface area contributed by atoms with Gasteiger partial charge in [0.1, 0.15) is 28.4 Å². The number of primary amides is 1. The summed E-state index contributed by atoms with van der Waals surface area (Å²) in [4.78, 5) is 37.5. The van der Waals surface area contributed by atoms with Crippen molar-refractivity contribution in [3.05, 3.63) is 46.9 Å². The van der Waals surface area contributed by atoms with Crippen molar-refractivity contribution >= 4 is 29.6 Å². The molecule has 3 rings (SSSR count). The second-order valence-corrected chi connectivity index (χ2v) is 12.0. The number of ether oxygens (including phenoxy) is 1. The van der Waals surface area contributed by atoms with E-state index in [9.17, 15) is 18.8 Å². The number of anilines is 2. The molecule has 12 heteroatoms. The van der Waals surface area contributed by atoms with Crippen molar-refractivity contribution in [3.8, 4) is 11.3 Å². The SMILES string of the molecule is CC(C)n1nc(-c2ccc(CC(=O)Nc3onc(CC(C)(C)C)c3F)cc2)c(C(N)=O)c1NC(=O)OC(C)(C)C. The molecule has 0 saturated heterocycles. The maximum absolute atomic E-state index is 14.6. The molecule has 0 saturated carbocycles. The summed E-state index contributed by atoms with van der Waals surface area (Å²) in [5.41, 5.74) is 6.35. The Morgan fingerprint density at radius 3 is 2.23 bits per heavy atom. The van der Waals surface area contributed by atoms with E-state index in [2.05, 4.69) is 20.9 Å². The highest BCUT2D eigenvalue weighted by molar-refractivity contribution is 6.06. The summed E-state index contributed by atoms with van der Waals surface area (Å²) in [5, 5.41) is 13.3. The zero-order chi connectivity index (χ0) is 30.0. The van der Waals surface area contributed by atoms with Crippen molar-refractivity contribution < 1.29 is 28.0 Å². The fourth-order valence-corrected chi connectivity index (χ4v) is 3.90. The molecule has 4 N–H and O–H groups in total. The van der Waals surface area contributed by atoms with Gasteiger partial charge in [0, 0.05) is 18.0 Å². The van der Waals surface area contributed by atoms with Gasteiger partial charge in [0.25, 0.3) is 11.8 Å². The quantitative estimate of drug-likeness (QED) is 0.332. The number of carbonyl (C=O) groups excluding carboxylic acids is 3. The predicted octanol–water partition coefficient (Wildman–Crippen LogP) is 5.47. The van der Waals surface area contributed by atoms with Crippen LogP contribution < -0.4 is 16.4 Å². The molecule has 0 aliphatic heterocycles. The maximum atomic E-state index is 14.6. The highest BCUT2D eigenvalue weighted by atomic mass is 19.1. The largest absolute Gasteiger partial charge is 0.444 e. The van der Waals surface area contributed by atoms with Crippen LogP contribution in [0.3, 0.4) is 0 Å². The molecule has 11 nitrogen and oxygen atoms in total. The summed E-state index contributed by atoms with van der Waals surface area (Å²) < 4.78 is 26.4. The van der Waals surface area contributed by atoms with Crippen molar-refractivity contribution in [1.82, 2.24) is 14.9 Å². The van der Waals surface area contributed by atoms with Crippen molar-refractivity contribution in [2.24, 2.45) is 11.1 Å². The second-order valence-electron chi connectivity index (χ2n) is 12.0. The lowest BCUT2D eigenvalue weighted by atomic mass is 9.90.